The highest BCUT2D eigenvalue weighted by Crippen LogP contribution is 2.49. The Labute approximate surface area is 269 Å². The SMILES string of the molecule is Cc1ccc(C(CCCC2CCC3(CC2)OC(=O)C(C)c2ccc(F)cc23)C(=O)C(=N)Cc2ccc(S(C)(=O)=O)cc2)cc1Cl. The predicted molar refractivity (Wildman–Crippen MR) is 173 cm³/mol. The lowest BCUT2D eigenvalue weighted by molar-refractivity contribution is -0.171. The van der Waals surface area contributed by atoms with E-state index >= 15 is 0 Å². The lowest BCUT2D eigenvalue weighted by Crippen LogP contribution is -2.42. The fraction of sp³-hybridized carbons (Fsp3) is 0.417. The van der Waals surface area contributed by atoms with E-state index in [0.717, 1.165) is 54.2 Å². The van der Waals surface area contributed by atoms with Gasteiger partial charge in [0.05, 0.1) is 16.5 Å². The highest BCUT2D eigenvalue weighted by Gasteiger charge is 2.47. The van der Waals surface area contributed by atoms with Crippen LogP contribution in [0.2, 0.25) is 5.02 Å². The first-order chi connectivity index (χ1) is 21.3. The van der Waals surface area contributed by atoms with Gasteiger partial charge in [-0.05, 0) is 104 Å². The van der Waals surface area contributed by atoms with Crippen LogP contribution in [0.1, 0.15) is 91.5 Å². The number of ether oxygens (including phenoxy) is 1. The Morgan fingerprint density at radius 2 is 1.78 bits per heavy atom. The molecule has 9 heteroatoms. The van der Waals surface area contributed by atoms with E-state index in [-0.39, 0.29) is 34.6 Å². The number of aryl methyl sites for hydroxylation is 1. The van der Waals surface area contributed by atoms with Crippen molar-refractivity contribution in [1.29, 1.82) is 5.41 Å². The highest BCUT2D eigenvalue weighted by molar-refractivity contribution is 7.90. The second-order valence-electron chi connectivity index (χ2n) is 12.7. The van der Waals surface area contributed by atoms with Crippen molar-refractivity contribution in [2.24, 2.45) is 5.92 Å². The molecule has 1 aliphatic heterocycles. The minimum Gasteiger partial charge on any atom is -0.454 e. The Kier molecular flexibility index (Phi) is 9.66. The number of carbonyl (C=O) groups excluding carboxylic acids is 2. The predicted octanol–water partition coefficient (Wildman–Crippen LogP) is 8.02. The Morgan fingerprint density at radius 1 is 1.09 bits per heavy atom. The van der Waals surface area contributed by atoms with Crippen molar-refractivity contribution < 1.29 is 27.1 Å². The molecule has 0 aromatic heterocycles. The number of nitrogens with one attached hydrogen (secondary N) is 1. The van der Waals surface area contributed by atoms with Gasteiger partial charge in [-0.3, -0.25) is 9.59 Å². The normalized spacial score (nSPS) is 22.0. The van der Waals surface area contributed by atoms with Crippen molar-refractivity contribution in [2.45, 2.75) is 87.5 Å². The van der Waals surface area contributed by atoms with Crippen LogP contribution >= 0.6 is 11.6 Å². The van der Waals surface area contributed by atoms with Gasteiger partial charge in [0.15, 0.2) is 15.6 Å². The number of halogens is 2. The third-order valence-corrected chi connectivity index (χ3v) is 11.1. The van der Waals surface area contributed by atoms with E-state index in [9.17, 15) is 22.4 Å². The first-order valence-corrected chi connectivity index (χ1v) is 17.7. The van der Waals surface area contributed by atoms with Crippen molar-refractivity contribution in [1.82, 2.24) is 0 Å². The molecule has 1 fully saturated rings. The van der Waals surface area contributed by atoms with E-state index < -0.39 is 27.3 Å². The van der Waals surface area contributed by atoms with Gasteiger partial charge in [-0.1, -0.05) is 54.8 Å². The van der Waals surface area contributed by atoms with Gasteiger partial charge in [-0.2, -0.15) is 0 Å². The van der Waals surface area contributed by atoms with E-state index in [1.165, 1.54) is 24.3 Å². The molecular weight excluding hydrogens is 613 g/mol. The third-order valence-electron chi connectivity index (χ3n) is 9.58. The van der Waals surface area contributed by atoms with Crippen LogP contribution in [0.15, 0.2) is 65.6 Å². The minimum atomic E-state index is -3.34. The van der Waals surface area contributed by atoms with Crippen LogP contribution in [-0.4, -0.2) is 32.1 Å². The van der Waals surface area contributed by atoms with Crippen LogP contribution in [0.3, 0.4) is 0 Å². The maximum Gasteiger partial charge on any atom is 0.314 e. The molecule has 0 saturated heterocycles. The largest absolute Gasteiger partial charge is 0.454 e. The first kappa shape index (κ1) is 33.0. The van der Waals surface area contributed by atoms with Gasteiger partial charge in [-0.25, -0.2) is 12.8 Å². The number of fused-ring (bicyclic) bond motifs is 2. The summed E-state index contributed by atoms with van der Waals surface area (Å²) in [5, 5.41) is 9.23. The molecule has 3 aromatic rings. The molecule has 0 amide bonds. The molecule has 6 nitrogen and oxygen atoms in total. The summed E-state index contributed by atoms with van der Waals surface area (Å²) in [7, 11) is -3.34. The van der Waals surface area contributed by atoms with Crippen LogP contribution < -0.4 is 0 Å². The summed E-state index contributed by atoms with van der Waals surface area (Å²) in [5.41, 5.74) is 3.18. The Morgan fingerprint density at radius 3 is 2.42 bits per heavy atom. The number of hydrogen-bond donors (Lipinski definition) is 1. The van der Waals surface area contributed by atoms with Crippen molar-refractivity contribution in [3.05, 3.63) is 99.3 Å². The fourth-order valence-corrected chi connectivity index (χ4v) is 7.63. The molecule has 2 aliphatic rings. The van der Waals surface area contributed by atoms with Gasteiger partial charge in [0.25, 0.3) is 0 Å². The Hall–Kier alpha value is -3.36. The van der Waals surface area contributed by atoms with Crippen molar-refractivity contribution in [3.8, 4) is 0 Å². The van der Waals surface area contributed by atoms with Gasteiger partial charge in [0.1, 0.15) is 11.4 Å². The van der Waals surface area contributed by atoms with E-state index in [0.29, 0.717) is 35.8 Å². The zero-order chi connectivity index (χ0) is 32.5. The standard InChI is InChI=1S/C36H39ClFNO5S/c1-22-7-10-26(20-32(22)37)30(34(40)33(39)19-25-8-12-28(13-9-25)45(3,42)43)6-4-5-24-15-17-36(18-16-24)31-21-27(38)11-14-29(31)23(2)35(41)44-36/h7-14,20-21,23-24,30,39H,4-6,15-19H2,1-3H3. The molecule has 1 saturated carbocycles. The molecule has 0 radical (unpaired) electrons. The first-order valence-electron chi connectivity index (χ1n) is 15.5. The van der Waals surface area contributed by atoms with Crippen LogP contribution in [0.5, 0.6) is 0 Å². The second-order valence-corrected chi connectivity index (χ2v) is 15.2. The highest BCUT2D eigenvalue weighted by atomic mass is 35.5. The van der Waals surface area contributed by atoms with Crippen molar-refractivity contribution >= 4 is 38.9 Å². The van der Waals surface area contributed by atoms with Gasteiger partial charge in [0, 0.05) is 29.2 Å². The molecule has 45 heavy (non-hydrogen) atoms. The average molecular weight is 652 g/mol. The number of carbonyl (C=O) groups is 2. The molecule has 2 unspecified atom stereocenters. The topological polar surface area (TPSA) is 101 Å². The lowest BCUT2D eigenvalue weighted by Gasteiger charge is -2.44. The maximum absolute atomic E-state index is 14.3. The molecule has 1 aliphatic carbocycles. The van der Waals surface area contributed by atoms with E-state index in [4.69, 9.17) is 21.7 Å². The van der Waals surface area contributed by atoms with Crippen LogP contribution in [0.4, 0.5) is 4.39 Å². The maximum atomic E-state index is 14.3. The molecular formula is C36H39ClFNO5S. The van der Waals surface area contributed by atoms with Crippen LogP contribution in [0.25, 0.3) is 0 Å². The molecule has 1 N–H and O–H groups in total. The number of rotatable bonds is 10. The number of sulfone groups is 1. The van der Waals surface area contributed by atoms with Crippen LogP contribution in [0, 0.1) is 24.1 Å². The summed E-state index contributed by atoms with van der Waals surface area (Å²) in [6.07, 6.45) is 6.34. The summed E-state index contributed by atoms with van der Waals surface area (Å²) in [4.78, 5) is 26.6. The zero-order valence-corrected chi connectivity index (χ0v) is 27.4. The fourth-order valence-electron chi connectivity index (χ4n) is 6.81. The number of esters is 1. The Balaban J connectivity index is 1.25. The van der Waals surface area contributed by atoms with Gasteiger partial charge >= 0.3 is 5.97 Å². The quantitative estimate of drug-likeness (QED) is 0.177. The van der Waals surface area contributed by atoms with Crippen LogP contribution in [-0.2, 0) is 36.2 Å². The number of Topliss-reactive ketones (excluding diaryl/α,β-unsaturated/α-hetero) is 1. The summed E-state index contributed by atoms with van der Waals surface area (Å²) in [5.74, 6) is -1.44. The summed E-state index contributed by atoms with van der Waals surface area (Å²) >= 11 is 6.44. The molecule has 1 spiro atoms. The van der Waals surface area contributed by atoms with E-state index in [1.54, 1.807) is 25.1 Å². The minimum absolute atomic E-state index is 0.0392. The van der Waals surface area contributed by atoms with Gasteiger partial charge < -0.3 is 10.1 Å². The molecule has 238 valence electrons. The third kappa shape index (κ3) is 7.23. The van der Waals surface area contributed by atoms with E-state index in [1.807, 2.05) is 25.1 Å². The van der Waals surface area contributed by atoms with E-state index in [2.05, 4.69) is 0 Å². The zero-order valence-electron chi connectivity index (χ0n) is 25.9. The summed E-state index contributed by atoms with van der Waals surface area (Å²) < 4.78 is 43.9. The molecule has 5 rings (SSSR count). The smallest absolute Gasteiger partial charge is 0.314 e. The summed E-state index contributed by atoms with van der Waals surface area (Å²) in [6.45, 7) is 3.70. The second kappa shape index (κ2) is 13.2. The van der Waals surface area contributed by atoms with Gasteiger partial charge in [0.2, 0.25) is 0 Å². The number of hydrogen-bond acceptors (Lipinski definition) is 6. The molecule has 2 atom stereocenters. The number of ketones is 1. The molecule has 3 aromatic carbocycles. The average Bonchev–Trinajstić information content (AvgIpc) is 3.00. The number of benzene rings is 3. The monoisotopic (exact) mass is 651 g/mol. The van der Waals surface area contributed by atoms with Gasteiger partial charge in [-0.15, -0.1) is 0 Å². The molecule has 0 bridgehead atoms. The molecule has 1 heterocycles. The Bertz CT molecular complexity index is 1730. The lowest BCUT2D eigenvalue weighted by atomic mass is 9.70. The van der Waals surface area contributed by atoms with Crippen molar-refractivity contribution in [2.75, 3.05) is 6.26 Å². The summed E-state index contributed by atoms with van der Waals surface area (Å²) in [6, 6.07) is 16.5. The van der Waals surface area contributed by atoms with Crippen molar-refractivity contribution in [3.63, 3.8) is 0 Å².